The number of hydrogen-bond donors (Lipinski definition) is 1. The Morgan fingerprint density at radius 3 is 2.52 bits per heavy atom. The number of hydrogen-bond acceptors (Lipinski definition) is 2. The largest absolute Gasteiger partial charge is 0.342 e. The Balaban J connectivity index is 0.00000161. The van der Waals surface area contributed by atoms with Gasteiger partial charge in [0.2, 0.25) is 5.91 Å². The van der Waals surface area contributed by atoms with E-state index in [0.29, 0.717) is 25.1 Å². The van der Waals surface area contributed by atoms with Crippen LogP contribution in [0.2, 0.25) is 0 Å². The lowest BCUT2D eigenvalue weighted by Crippen LogP contribution is -2.43. The fourth-order valence-corrected chi connectivity index (χ4v) is 2.97. The first-order valence-corrected chi connectivity index (χ1v) is 7.05. The molecule has 1 aromatic rings. The molecule has 2 unspecified atom stereocenters. The minimum absolute atomic E-state index is 0. The zero-order valence-electron chi connectivity index (χ0n) is 11.6. The van der Waals surface area contributed by atoms with Gasteiger partial charge in [0, 0.05) is 31.1 Å². The van der Waals surface area contributed by atoms with Crippen molar-refractivity contribution in [3.8, 4) is 0 Å². The van der Waals surface area contributed by atoms with E-state index in [1.165, 1.54) is 12.1 Å². The third-order valence-corrected chi connectivity index (χ3v) is 4.32. The van der Waals surface area contributed by atoms with Crippen LogP contribution in [0.15, 0.2) is 18.2 Å². The lowest BCUT2D eigenvalue weighted by Gasteiger charge is -2.30. The molecule has 1 saturated carbocycles. The van der Waals surface area contributed by atoms with Crippen LogP contribution in [0.25, 0.3) is 0 Å². The van der Waals surface area contributed by atoms with Crippen LogP contribution in [0.4, 0.5) is 8.78 Å². The first kappa shape index (κ1) is 16.2. The first-order chi connectivity index (χ1) is 9.56. The highest BCUT2D eigenvalue weighted by Gasteiger charge is 2.47. The summed E-state index contributed by atoms with van der Waals surface area (Å²) in [5, 5.41) is 0. The average Bonchev–Trinajstić information content (AvgIpc) is 3.19. The molecule has 2 atom stereocenters. The smallest absolute Gasteiger partial charge is 0.226 e. The zero-order chi connectivity index (χ0) is 14.3. The van der Waals surface area contributed by atoms with Gasteiger partial charge in [-0.05, 0) is 36.8 Å². The summed E-state index contributed by atoms with van der Waals surface area (Å²) < 4.78 is 26.6. The predicted octanol–water partition coefficient (Wildman–Crippen LogP) is 2.44. The highest BCUT2D eigenvalue weighted by Crippen LogP contribution is 2.49. The average molecular weight is 317 g/mol. The van der Waals surface area contributed by atoms with Crippen LogP contribution < -0.4 is 5.73 Å². The Hall–Kier alpha value is -1.20. The summed E-state index contributed by atoms with van der Waals surface area (Å²) in [7, 11) is 0. The number of halogens is 3. The van der Waals surface area contributed by atoms with Crippen molar-refractivity contribution in [1.29, 1.82) is 0 Å². The molecule has 1 heterocycles. The second kappa shape index (κ2) is 6.28. The van der Waals surface area contributed by atoms with Crippen LogP contribution in [0.1, 0.15) is 30.7 Å². The lowest BCUT2D eigenvalue weighted by molar-refractivity contribution is -0.133. The molecule has 116 valence electrons. The quantitative estimate of drug-likeness (QED) is 0.911. The van der Waals surface area contributed by atoms with Crippen molar-refractivity contribution in [3.05, 3.63) is 35.4 Å². The van der Waals surface area contributed by atoms with Gasteiger partial charge in [-0.3, -0.25) is 4.79 Å². The van der Waals surface area contributed by atoms with Gasteiger partial charge in [0.1, 0.15) is 11.6 Å². The molecule has 3 nitrogen and oxygen atoms in total. The number of nitrogens with two attached hydrogens (primary N) is 1. The molecular formula is C15H19ClF2N2O. The minimum atomic E-state index is -0.584. The van der Waals surface area contributed by atoms with Crippen molar-refractivity contribution >= 4 is 18.3 Å². The van der Waals surface area contributed by atoms with E-state index in [4.69, 9.17) is 5.73 Å². The van der Waals surface area contributed by atoms with Gasteiger partial charge >= 0.3 is 0 Å². The van der Waals surface area contributed by atoms with Crippen molar-refractivity contribution in [3.63, 3.8) is 0 Å². The van der Waals surface area contributed by atoms with E-state index < -0.39 is 11.6 Å². The SMILES string of the molecule is Cl.NC1CCN(C(=O)C2CC2c2ccc(F)cc2F)CC1. The van der Waals surface area contributed by atoms with Gasteiger partial charge in [0.05, 0.1) is 0 Å². The van der Waals surface area contributed by atoms with E-state index in [0.717, 1.165) is 18.9 Å². The topological polar surface area (TPSA) is 46.3 Å². The molecule has 1 saturated heterocycles. The molecule has 1 aliphatic carbocycles. The van der Waals surface area contributed by atoms with Gasteiger partial charge in [-0.25, -0.2) is 8.78 Å². The molecule has 1 aromatic carbocycles. The molecule has 0 spiro atoms. The summed E-state index contributed by atoms with van der Waals surface area (Å²) in [6.45, 7) is 1.38. The standard InChI is InChI=1S/C15H18F2N2O.ClH/c16-9-1-2-11(14(17)7-9)12-8-13(12)15(20)19-5-3-10(18)4-6-19;/h1-2,7,10,12-13H,3-6,8,18H2;1H. The number of benzene rings is 1. The van der Waals surface area contributed by atoms with Crippen molar-refractivity contribution in [2.24, 2.45) is 11.7 Å². The monoisotopic (exact) mass is 316 g/mol. The van der Waals surface area contributed by atoms with Gasteiger partial charge in [0.25, 0.3) is 0 Å². The van der Waals surface area contributed by atoms with E-state index in [1.54, 1.807) is 0 Å². The number of likely N-dealkylation sites (tertiary alicyclic amines) is 1. The maximum Gasteiger partial charge on any atom is 0.226 e. The van der Waals surface area contributed by atoms with Crippen LogP contribution in [-0.2, 0) is 4.79 Å². The molecule has 1 aliphatic heterocycles. The van der Waals surface area contributed by atoms with Gasteiger partial charge in [-0.15, -0.1) is 12.4 Å². The van der Waals surface area contributed by atoms with Gasteiger partial charge in [0.15, 0.2) is 0 Å². The van der Waals surface area contributed by atoms with E-state index >= 15 is 0 Å². The maximum absolute atomic E-state index is 13.7. The Kier molecular flexibility index (Phi) is 4.84. The number of carbonyl (C=O) groups excluding carboxylic acids is 1. The molecule has 6 heteroatoms. The van der Waals surface area contributed by atoms with Crippen molar-refractivity contribution in [1.82, 2.24) is 4.90 Å². The van der Waals surface area contributed by atoms with E-state index in [2.05, 4.69) is 0 Å². The summed E-state index contributed by atoms with van der Waals surface area (Å²) in [5.41, 5.74) is 6.28. The molecule has 1 amide bonds. The third kappa shape index (κ3) is 3.35. The van der Waals surface area contributed by atoms with Gasteiger partial charge < -0.3 is 10.6 Å². The van der Waals surface area contributed by atoms with Crippen molar-refractivity contribution < 1.29 is 13.6 Å². The summed E-state index contributed by atoms with van der Waals surface area (Å²) in [6.07, 6.45) is 2.31. The van der Waals surface area contributed by atoms with Gasteiger partial charge in [-0.2, -0.15) is 0 Å². The fraction of sp³-hybridized carbons (Fsp3) is 0.533. The number of nitrogens with zero attached hydrogens (tertiary/aromatic N) is 1. The molecule has 0 bridgehead atoms. The highest BCUT2D eigenvalue weighted by atomic mass is 35.5. The van der Waals surface area contributed by atoms with Crippen molar-refractivity contribution in [2.75, 3.05) is 13.1 Å². The second-order valence-corrected chi connectivity index (χ2v) is 5.78. The Bertz CT molecular complexity index is 532. The molecule has 0 aromatic heterocycles. The number of piperidine rings is 1. The fourth-order valence-electron chi connectivity index (χ4n) is 2.97. The third-order valence-electron chi connectivity index (χ3n) is 4.32. The van der Waals surface area contributed by atoms with Crippen LogP contribution in [-0.4, -0.2) is 29.9 Å². The van der Waals surface area contributed by atoms with E-state index in [9.17, 15) is 13.6 Å². The molecular weight excluding hydrogens is 298 g/mol. The van der Waals surface area contributed by atoms with Crippen molar-refractivity contribution in [2.45, 2.75) is 31.2 Å². The van der Waals surface area contributed by atoms with Crippen LogP contribution >= 0.6 is 12.4 Å². The highest BCUT2D eigenvalue weighted by molar-refractivity contribution is 5.85. The van der Waals surface area contributed by atoms with Crippen LogP contribution in [0, 0.1) is 17.6 Å². The Labute approximate surface area is 128 Å². The van der Waals surface area contributed by atoms with Gasteiger partial charge in [-0.1, -0.05) is 6.07 Å². The van der Waals surface area contributed by atoms with E-state index in [-0.39, 0.29) is 36.2 Å². The molecule has 2 N–H and O–H groups in total. The molecule has 3 rings (SSSR count). The predicted molar refractivity (Wildman–Crippen MR) is 78.2 cm³/mol. The first-order valence-electron chi connectivity index (χ1n) is 7.05. The number of carbonyl (C=O) groups is 1. The normalized spacial score (nSPS) is 25.4. The molecule has 2 fully saturated rings. The van der Waals surface area contributed by atoms with Crippen LogP contribution in [0.3, 0.4) is 0 Å². The maximum atomic E-state index is 13.7. The second-order valence-electron chi connectivity index (χ2n) is 5.78. The summed E-state index contributed by atoms with van der Waals surface area (Å²) in [4.78, 5) is 14.1. The Morgan fingerprint density at radius 1 is 1.24 bits per heavy atom. The number of amides is 1. The van der Waals surface area contributed by atoms with E-state index in [1.807, 2.05) is 4.90 Å². The summed E-state index contributed by atoms with van der Waals surface area (Å²) >= 11 is 0. The minimum Gasteiger partial charge on any atom is -0.342 e. The number of rotatable bonds is 2. The summed E-state index contributed by atoms with van der Waals surface area (Å²) in [5.74, 6) is -1.29. The zero-order valence-corrected chi connectivity index (χ0v) is 12.4. The Morgan fingerprint density at radius 2 is 1.90 bits per heavy atom. The molecule has 0 radical (unpaired) electrons. The molecule has 21 heavy (non-hydrogen) atoms. The van der Waals surface area contributed by atoms with Crippen LogP contribution in [0.5, 0.6) is 0 Å². The summed E-state index contributed by atoms with van der Waals surface area (Å²) in [6, 6.07) is 3.77. The lowest BCUT2D eigenvalue weighted by atomic mass is 10.0. The molecule has 2 aliphatic rings.